The molecule has 0 unspecified atom stereocenters. The molecule has 30 heavy (non-hydrogen) atoms. The zero-order valence-electron chi connectivity index (χ0n) is 17.5. The molecule has 6 heteroatoms. The van der Waals surface area contributed by atoms with Crippen LogP contribution in [0.25, 0.3) is 6.08 Å². The van der Waals surface area contributed by atoms with Crippen LogP contribution in [-0.2, 0) is 17.8 Å². The molecule has 2 aromatic carbocycles. The summed E-state index contributed by atoms with van der Waals surface area (Å²) in [4.78, 5) is 15.1. The summed E-state index contributed by atoms with van der Waals surface area (Å²) in [6.45, 7) is 4.93. The molecule has 1 saturated heterocycles. The van der Waals surface area contributed by atoms with Gasteiger partial charge in [-0.25, -0.2) is 0 Å². The Labute approximate surface area is 182 Å². The van der Waals surface area contributed by atoms with Gasteiger partial charge in [-0.3, -0.25) is 9.69 Å². The molecule has 2 aromatic rings. The van der Waals surface area contributed by atoms with Crippen LogP contribution >= 0.6 is 11.8 Å². The zero-order valence-corrected chi connectivity index (χ0v) is 18.3. The maximum absolute atomic E-state index is 12.7. The summed E-state index contributed by atoms with van der Waals surface area (Å²) >= 11 is 1.98. The summed E-state index contributed by atoms with van der Waals surface area (Å²) in [5.74, 6) is 2.70. The third kappa shape index (κ3) is 5.65. The largest absolute Gasteiger partial charge is 0.496 e. The minimum absolute atomic E-state index is 0.0754. The van der Waals surface area contributed by atoms with Crippen molar-refractivity contribution in [2.45, 2.75) is 19.9 Å². The number of nitriles is 1. The minimum Gasteiger partial charge on any atom is -0.496 e. The van der Waals surface area contributed by atoms with Crippen molar-refractivity contribution in [3.8, 4) is 11.8 Å². The van der Waals surface area contributed by atoms with Crippen molar-refractivity contribution in [1.82, 2.24) is 4.90 Å². The van der Waals surface area contributed by atoms with Crippen molar-refractivity contribution >= 4 is 29.4 Å². The first-order chi connectivity index (χ1) is 14.6. The number of carbonyl (C=O) groups is 1. The van der Waals surface area contributed by atoms with Crippen molar-refractivity contribution in [2.24, 2.45) is 0 Å². The van der Waals surface area contributed by atoms with Gasteiger partial charge in [0.2, 0.25) is 0 Å². The lowest BCUT2D eigenvalue weighted by molar-refractivity contribution is -0.112. The first kappa shape index (κ1) is 21.9. The van der Waals surface area contributed by atoms with E-state index in [4.69, 9.17) is 4.74 Å². The molecule has 1 N–H and O–H groups in total. The number of nitrogens with one attached hydrogen (secondary N) is 1. The lowest BCUT2D eigenvalue weighted by atomic mass is 10.1. The van der Waals surface area contributed by atoms with Gasteiger partial charge in [0.1, 0.15) is 17.4 Å². The molecule has 1 fully saturated rings. The zero-order chi connectivity index (χ0) is 21.3. The Morgan fingerprint density at radius 3 is 2.70 bits per heavy atom. The van der Waals surface area contributed by atoms with Gasteiger partial charge in [0.15, 0.2) is 0 Å². The van der Waals surface area contributed by atoms with Gasteiger partial charge < -0.3 is 10.1 Å². The van der Waals surface area contributed by atoms with E-state index in [-0.39, 0.29) is 5.57 Å². The Kier molecular flexibility index (Phi) is 7.95. The summed E-state index contributed by atoms with van der Waals surface area (Å²) in [6, 6.07) is 15.5. The van der Waals surface area contributed by atoms with Gasteiger partial charge in [-0.2, -0.15) is 17.0 Å². The second-order valence-electron chi connectivity index (χ2n) is 7.09. The molecule has 0 atom stereocenters. The van der Waals surface area contributed by atoms with Gasteiger partial charge in [-0.15, -0.1) is 0 Å². The predicted molar refractivity (Wildman–Crippen MR) is 124 cm³/mol. The lowest BCUT2D eigenvalue weighted by Crippen LogP contribution is -2.32. The third-order valence-corrected chi connectivity index (χ3v) is 6.07. The maximum atomic E-state index is 12.7. The van der Waals surface area contributed by atoms with Crippen LogP contribution in [0, 0.1) is 11.3 Å². The highest BCUT2D eigenvalue weighted by Gasteiger charge is 2.15. The van der Waals surface area contributed by atoms with E-state index in [9.17, 15) is 10.1 Å². The number of hydrogen-bond donors (Lipinski definition) is 1. The molecule has 0 saturated carbocycles. The van der Waals surface area contributed by atoms with Crippen LogP contribution in [0.1, 0.15) is 23.6 Å². The summed E-state index contributed by atoms with van der Waals surface area (Å²) in [5.41, 5.74) is 3.73. The van der Waals surface area contributed by atoms with Gasteiger partial charge in [0, 0.05) is 42.4 Å². The number of amides is 1. The summed E-state index contributed by atoms with van der Waals surface area (Å²) in [6.07, 6.45) is 2.44. The van der Waals surface area contributed by atoms with Gasteiger partial charge >= 0.3 is 0 Å². The van der Waals surface area contributed by atoms with Crippen molar-refractivity contribution in [2.75, 3.05) is 37.0 Å². The highest BCUT2D eigenvalue weighted by atomic mass is 32.2. The van der Waals surface area contributed by atoms with Crippen molar-refractivity contribution in [1.29, 1.82) is 5.26 Å². The number of nitrogens with zero attached hydrogens (tertiary/aromatic N) is 2. The van der Waals surface area contributed by atoms with Crippen molar-refractivity contribution in [3.05, 3.63) is 64.7 Å². The molecule has 0 aliphatic carbocycles. The van der Waals surface area contributed by atoms with E-state index >= 15 is 0 Å². The van der Waals surface area contributed by atoms with Crippen LogP contribution in [-0.4, -0.2) is 42.5 Å². The normalized spacial score (nSPS) is 14.8. The van der Waals surface area contributed by atoms with Crippen LogP contribution in [0.3, 0.4) is 0 Å². The number of hydrogen-bond acceptors (Lipinski definition) is 5. The second kappa shape index (κ2) is 10.9. The monoisotopic (exact) mass is 421 g/mol. The number of anilines is 1. The Hall–Kier alpha value is -2.75. The molecule has 156 valence electrons. The molecule has 0 bridgehead atoms. The Morgan fingerprint density at radius 1 is 1.23 bits per heavy atom. The van der Waals surface area contributed by atoms with Gasteiger partial charge in [-0.05, 0) is 41.8 Å². The van der Waals surface area contributed by atoms with E-state index in [1.807, 2.05) is 67.2 Å². The molecule has 1 amide bonds. The highest BCUT2D eigenvalue weighted by Crippen LogP contribution is 2.24. The molecule has 0 radical (unpaired) electrons. The van der Waals surface area contributed by atoms with Crippen molar-refractivity contribution in [3.63, 3.8) is 0 Å². The number of ether oxygens (including phenoxy) is 1. The number of para-hydroxylation sites is 1. The summed E-state index contributed by atoms with van der Waals surface area (Å²) in [5, 5.41) is 12.4. The number of methoxy groups -OCH3 is 1. The van der Waals surface area contributed by atoms with E-state index < -0.39 is 5.91 Å². The minimum atomic E-state index is -0.399. The predicted octanol–water partition coefficient (Wildman–Crippen LogP) is 4.35. The fraction of sp³-hybridized carbons (Fsp3) is 0.333. The lowest BCUT2D eigenvalue weighted by Gasteiger charge is -2.26. The number of rotatable bonds is 7. The Morgan fingerprint density at radius 2 is 2.00 bits per heavy atom. The van der Waals surface area contributed by atoms with Crippen LogP contribution in [0.2, 0.25) is 0 Å². The van der Waals surface area contributed by atoms with E-state index in [1.165, 1.54) is 0 Å². The van der Waals surface area contributed by atoms with Crippen LogP contribution in [0.5, 0.6) is 5.75 Å². The number of benzene rings is 2. The van der Waals surface area contributed by atoms with E-state index in [1.54, 1.807) is 13.2 Å². The molecule has 5 nitrogen and oxygen atoms in total. The van der Waals surface area contributed by atoms with E-state index in [2.05, 4.69) is 10.2 Å². The molecular formula is C24H27N3O2S. The Balaban J connectivity index is 1.81. The maximum Gasteiger partial charge on any atom is 0.266 e. The first-order valence-corrected chi connectivity index (χ1v) is 11.3. The fourth-order valence-corrected chi connectivity index (χ4v) is 4.45. The standard InChI is InChI=1S/C24H27N3O2S/c1-3-19-6-4-5-7-22(19)26-24(28)20(16-25)14-18-8-9-23(29-2)21(15-18)17-27-10-12-30-13-11-27/h4-9,14-15H,3,10-13,17H2,1-2H3,(H,26,28). The topological polar surface area (TPSA) is 65.4 Å². The molecule has 1 aliphatic heterocycles. The SMILES string of the molecule is CCc1ccccc1NC(=O)C(C#N)=Cc1ccc(OC)c(CN2CCSCC2)c1. The molecule has 1 heterocycles. The van der Waals surface area contributed by atoms with Crippen molar-refractivity contribution < 1.29 is 9.53 Å². The summed E-state index contributed by atoms with van der Waals surface area (Å²) < 4.78 is 5.53. The number of aryl methyl sites for hydroxylation is 1. The fourth-order valence-electron chi connectivity index (χ4n) is 3.47. The third-order valence-electron chi connectivity index (χ3n) is 5.12. The molecular weight excluding hydrogens is 394 g/mol. The number of carbonyl (C=O) groups excluding carboxylic acids is 1. The van der Waals surface area contributed by atoms with E-state index in [0.717, 1.165) is 65.7 Å². The van der Waals surface area contributed by atoms with E-state index in [0.29, 0.717) is 0 Å². The smallest absolute Gasteiger partial charge is 0.266 e. The van der Waals surface area contributed by atoms with Gasteiger partial charge in [-0.1, -0.05) is 31.2 Å². The van der Waals surface area contributed by atoms with Gasteiger partial charge in [0.25, 0.3) is 5.91 Å². The quantitative estimate of drug-likeness (QED) is 0.532. The molecule has 0 spiro atoms. The molecule has 3 rings (SSSR count). The molecule has 0 aromatic heterocycles. The summed E-state index contributed by atoms with van der Waals surface area (Å²) in [7, 11) is 1.67. The average molecular weight is 422 g/mol. The molecule has 1 aliphatic rings. The van der Waals surface area contributed by atoms with Crippen LogP contribution in [0.4, 0.5) is 5.69 Å². The average Bonchev–Trinajstić information content (AvgIpc) is 2.78. The second-order valence-corrected chi connectivity index (χ2v) is 8.32. The Bertz CT molecular complexity index is 959. The first-order valence-electron chi connectivity index (χ1n) is 10.1. The number of thioether (sulfide) groups is 1. The van der Waals surface area contributed by atoms with Crippen LogP contribution in [0.15, 0.2) is 48.0 Å². The van der Waals surface area contributed by atoms with Gasteiger partial charge in [0.05, 0.1) is 7.11 Å². The van der Waals surface area contributed by atoms with Crippen LogP contribution < -0.4 is 10.1 Å². The highest BCUT2D eigenvalue weighted by molar-refractivity contribution is 7.99.